The molecule has 2 aromatic carbocycles. The normalized spacial score (nSPS) is 14.4. The Morgan fingerprint density at radius 1 is 1.25 bits per heavy atom. The number of benzene rings is 2. The molecule has 2 aromatic rings. The highest BCUT2D eigenvalue weighted by atomic mass is 16.5. The number of nitrogens with zero attached hydrogens (tertiary/aromatic N) is 1. The van der Waals surface area contributed by atoms with Gasteiger partial charge in [0.05, 0.1) is 13.2 Å². The molecule has 1 heterocycles. The average molecular weight is 324 g/mol. The van der Waals surface area contributed by atoms with Crippen LogP contribution in [0.25, 0.3) is 0 Å². The number of aryl methyl sites for hydroxylation is 2. The lowest BCUT2D eigenvalue weighted by Crippen LogP contribution is -2.44. The van der Waals surface area contributed by atoms with Crippen molar-refractivity contribution in [1.82, 2.24) is 0 Å². The second-order valence-electron chi connectivity index (χ2n) is 6.42. The van der Waals surface area contributed by atoms with Crippen LogP contribution in [0.15, 0.2) is 36.4 Å². The second-order valence-corrected chi connectivity index (χ2v) is 6.42. The lowest BCUT2D eigenvalue weighted by Gasteiger charge is -2.23. The third-order valence-electron chi connectivity index (χ3n) is 4.80. The molecule has 1 atom stereocenters. The van der Waals surface area contributed by atoms with E-state index in [1.54, 1.807) is 7.11 Å². The Labute approximate surface area is 143 Å². The predicted molar refractivity (Wildman–Crippen MR) is 96.6 cm³/mol. The maximum atomic E-state index is 12.8. The number of rotatable bonds is 4. The van der Waals surface area contributed by atoms with Crippen molar-refractivity contribution < 1.29 is 9.53 Å². The Kier molecular flexibility index (Phi) is 4.58. The number of hydrogen-bond donors (Lipinski definition) is 1. The van der Waals surface area contributed by atoms with Gasteiger partial charge in [0.1, 0.15) is 5.75 Å². The van der Waals surface area contributed by atoms with E-state index in [9.17, 15) is 4.79 Å². The van der Waals surface area contributed by atoms with Crippen LogP contribution in [0, 0.1) is 13.8 Å². The van der Waals surface area contributed by atoms with E-state index >= 15 is 0 Å². The van der Waals surface area contributed by atoms with Gasteiger partial charge in [-0.05, 0) is 67.1 Å². The van der Waals surface area contributed by atoms with Gasteiger partial charge in [0, 0.05) is 12.2 Å². The Bertz CT molecular complexity index is 747. The molecule has 24 heavy (non-hydrogen) atoms. The van der Waals surface area contributed by atoms with Gasteiger partial charge in [-0.3, -0.25) is 4.79 Å². The number of methoxy groups -OCH3 is 1. The minimum absolute atomic E-state index is 0.00503. The molecule has 0 radical (unpaired) electrons. The molecule has 1 aliphatic heterocycles. The van der Waals surface area contributed by atoms with Crippen LogP contribution in [-0.4, -0.2) is 25.6 Å². The lowest BCUT2D eigenvalue weighted by molar-refractivity contribution is -0.119. The number of carbonyl (C=O) groups is 1. The first kappa shape index (κ1) is 16.5. The molecule has 0 spiro atoms. The molecular weight excluding hydrogens is 300 g/mol. The highest BCUT2D eigenvalue weighted by Gasteiger charge is 2.28. The third kappa shape index (κ3) is 3.02. The fourth-order valence-electron chi connectivity index (χ4n) is 3.47. The van der Waals surface area contributed by atoms with Gasteiger partial charge in [0.25, 0.3) is 0 Å². The topological polar surface area (TPSA) is 55.6 Å². The first-order chi connectivity index (χ1) is 11.5. The highest BCUT2D eigenvalue weighted by Crippen LogP contribution is 2.29. The summed E-state index contributed by atoms with van der Waals surface area (Å²) in [6.45, 7) is 4.78. The minimum atomic E-state index is -0.540. The number of carbonyl (C=O) groups excluding carboxylic acids is 1. The molecule has 126 valence electrons. The number of ether oxygens (including phenoxy) is 1. The first-order valence-corrected chi connectivity index (χ1v) is 8.30. The zero-order valence-electron chi connectivity index (χ0n) is 14.5. The maximum Gasteiger partial charge on any atom is 0.244 e. The molecule has 0 fully saturated rings. The van der Waals surface area contributed by atoms with Crippen LogP contribution in [0.5, 0.6) is 5.75 Å². The van der Waals surface area contributed by atoms with E-state index in [0.29, 0.717) is 13.0 Å². The van der Waals surface area contributed by atoms with Gasteiger partial charge >= 0.3 is 0 Å². The van der Waals surface area contributed by atoms with Gasteiger partial charge in [-0.25, -0.2) is 0 Å². The number of anilines is 1. The number of hydrogen-bond acceptors (Lipinski definition) is 3. The Hall–Kier alpha value is -2.33. The van der Waals surface area contributed by atoms with Crippen molar-refractivity contribution in [2.75, 3.05) is 18.6 Å². The van der Waals surface area contributed by atoms with Gasteiger partial charge in [0.15, 0.2) is 0 Å². The van der Waals surface area contributed by atoms with E-state index < -0.39 is 6.04 Å². The van der Waals surface area contributed by atoms with Crippen LogP contribution >= 0.6 is 0 Å². The number of nitrogens with two attached hydrogens (primary N) is 1. The average Bonchev–Trinajstić information content (AvgIpc) is 3.01. The first-order valence-electron chi connectivity index (χ1n) is 8.30. The molecule has 1 amide bonds. The van der Waals surface area contributed by atoms with Crippen molar-refractivity contribution in [3.8, 4) is 5.75 Å². The summed E-state index contributed by atoms with van der Waals surface area (Å²) in [4.78, 5) is 14.7. The van der Waals surface area contributed by atoms with Gasteiger partial charge in [-0.1, -0.05) is 18.2 Å². The molecule has 0 aromatic heterocycles. The molecule has 1 aliphatic rings. The van der Waals surface area contributed by atoms with E-state index in [2.05, 4.69) is 6.07 Å². The van der Waals surface area contributed by atoms with E-state index in [-0.39, 0.29) is 5.91 Å². The lowest BCUT2D eigenvalue weighted by atomic mass is 9.95. The number of amides is 1. The summed E-state index contributed by atoms with van der Waals surface area (Å²) in [5.74, 6) is 0.830. The van der Waals surface area contributed by atoms with Crippen LogP contribution < -0.4 is 15.4 Å². The van der Waals surface area contributed by atoms with Crippen molar-refractivity contribution in [1.29, 1.82) is 0 Å². The van der Waals surface area contributed by atoms with E-state index in [1.807, 2.05) is 49.1 Å². The van der Waals surface area contributed by atoms with Crippen LogP contribution in [-0.2, 0) is 17.6 Å². The summed E-state index contributed by atoms with van der Waals surface area (Å²) in [6.07, 6.45) is 1.44. The van der Waals surface area contributed by atoms with Crippen LogP contribution in [0.4, 0.5) is 5.69 Å². The van der Waals surface area contributed by atoms with Crippen LogP contribution in [0.3, 0.4) is 0 Å². The molecule has 4 nitrogen and oxygen atoms in total. The molecule has 2 N–H and O–H groups in total. The van der Waals surface area contributed by atoms with Crippen LogP contribution in [0.1, 0.15) is 22.3 Å². The van der Waals surface area contributed by atoms with Crippen molar-refractivity contribution in [2.45, 2.75) is 32.7 Å². The molecular formula is C20H24N2O2. The Balaban J connectivity index is 1.79. The molecule has 0 saturated carbocycles. The summed E-state index contributed by atoms with van der Waals surface area (Å²) in [6, 6.07) is 11.5. The maximum absolute atomic E-state index is 12.8. The van der Waals surface area contributed by atoms with E-state index in [0.717, 1.165) is 34.5 Å². The van der Waals surface area contributed by atoms with Crippen molar-refractivity contribution in [2.24, 2.45) is 5.73 Å². The van der Waals surface area contributed by atoms with Crippen molar-refractivity contribution in [3.63, 3.8) is 0 Å². The molecule has 0 aliphatic carbocycles. The van der Waals surface area contributed by atoms with Crippen LogP contribution in [0.2, 0.25) is 0 Å². The zero-order valence-corrected chi connectivity index (χ0v) is 14.5. The summed E-state index contributed by atoms with van der Waals surface area (Å²) in [5.41, 5.74) is 11.8. The SMILES string of the molecule is COc1cc(C)c(CC(N)C(=O)N2CCc3ccccc32)c(C)c1. The smallest absolute Gasteiger partial charge is 0.244 e. The van der Waals surface area contributed by atoms with Gasteiger partial charge < -0.3 is 15.4 Å². The summed E-state index contributed by atoms with van der Waals surface area (Å²) < 4.78 is 5.30. The largest absolute Gasteiger partial charge is 0.497 e. The Morgan fingerprint density at radius 3 is 2.58 bits per heavy atom. The van der Waals surface area contributed by atoms with Gasteiger partial charge in [-0.15, -0.1) is 0 Å². The number of fused-ring (bicyclic) bond motifs is 1. The standard InChI is InChI=1S/C20H24N2O2/c1-13-10-16(24-3)11-14(2)17(13)12-18(21)20(23)22-9-8-15-6-4-5-7-19(15)22/h4-7,10-11,18H,8-9,12,21H2,1-3H3. The van der Waals surface area contributed by atoms with Crippen molar-refractivity contribution in [3.05, 3.63) is 58.7 Å². The van der Waals surface area contributed by atoms with E-state index in [1.165, 1.54) is 5.56 Å². The second kappa shape index (κ2) is 6.65. The fraction of sp³-hybridized carbons (Fsp3) is 0.350. The molecule has 0 bridgehead atoms. The number of para-hydroxylation sites is 1. The molecule has 3 rings (SSSR count). The summed E-state index contributed by atoms with van der Waals surface area (Å²) in [7, 11) is 1.66. The van der Waals surface area contributed by atoms with Crippen molar-refractivity contribution >= 4 is 11.6 Å². The molecule has 1 unspecified atom stereocenters. The van der Waals surface area contributed by atoms with E-state index in [4.69, 9.17) is 10.5 Å². The highest BCUT2D eigenvalue weighted by molar-refractivity contribution is 5.99. The molecule has 4 heteroatoms. The monoisotopic (exact) mass is 324 g/mol. The minimum Gasteiger partial charge on any atom is -0.497 e. The summed E-state index contributed by atoms with van der Waals surface area (Å²) >= 11 is 0. The summed E-state index contributed by atoms with van der Waals surface area (Å²) in [5, 5.41) is 0. The zero-order chi connectivity index (χ0) is 17.3. The molecule has 0 saturated heterocycles. The fourth-order valence-corrected chi connectivity index (χ4v) is 3.47. The quantitative estimate of drug-likeness (QED) is 0.941. The van der Waals surface area contributed by atoms with Gasteiger partial charge in [-0.2, -0.15) is 0 Å². The van der Waals surface area contributed by atoms with Gasteiger partial charge in [0.2, 0.25) is 5.91 Å². The Morgan fingerprint density at radius 2 is 1.92 bits per heavy atom. The predicted octanol–water partition coefficient (Wildman–Crippen LogP) is 2.77. The third-order valence-corrected chi connectivity index (χ3v) is 4.80.